The smallest absolute Gasteiger partial charge is 0.426 e. The molecular weight excluding hydrogens is 486 g/mol. The lowest BCUT2D eigenvalue weighted by Crippen LogP contribution is -2.49. The minimum Gasteiger partial charge on any atom is -0.426 e. The van der Waals surface area contributed by atoms with Crippen molar-refractivity contribution in [1.82, 2.24) is 9.62 Å². The third kappa shape index (κ3) is 5.64. The first-order valence-electron chi connectivity index (χ1n) is 9.34. The van der Waals surface area contributed by atoms with Crippen LogP contribution < -0.4 is 4.72 Å². The Kier molecular flexibility index (Phi) is 6.96. The number of likely N-dealkylation sites (tertiary alicyclic amines) is 1. The molecule has 0 radical (unpaired) electrons. The fourth-order valence-electron chi connectivity index (χ4n) is 3.28. The summed E-state index contributed by atoms with van der Waals surface area (Å²) in [6, 6.07) is 6.97. The molecule has 14 heteroatoms. The van der Waals surface area contributed by atoms with Crippen LogP contribution >= 0.6 is 11.3 Å². The molecule has 0 atom stereocenters. The van der Waals surface area contributed by atoms with E-state index in [2.05, 4.69) is 9.46 Å². The molecule has 0 saturated carbocycles. The maximum atomic E-state index is 12.6. The maximum Gasteiger partial charge on any atom is 0.434 e. The maximum absolute atomic E-state index is 12.6. The van der Waals surface area contributed by atoms with E-state index in [0.29, 0.717) is 5.39 Å². The van der Waals surface area contributed by atoms with Gasteiger partial charge in [0.25, 0.3) is 6.10 Å². The summed E-state index contributed by atoms with van der Waals surface area (Å²) in [6.45, 7) is -0.298. The number of fused-ring (bicyclic) bond motifs is 1. The van der Waals surface area contributed by atoms with Crippen LogP contribution in [-0.4, -0.2) is 57.5 Å². The molecule has 0 aliphatic carbocycles. The molecule has 1 aromatic carbocycles. The molecule has 0 unspecified atom stereocenters. The third-order valence-corrected chi connectivity index (χ3v) is 7.56. The first kappa shape index (κ1) is 24.6. The van der Waals surface area contributed by atoms with Crippen LogP contribution in [0.5, 0.6) is 0 Å². The lowest BCUT2D eigenvalue weighted by atomic mass is 9.97. The molecule has 2 aromatic rings. The molecule has 1 fully saturated rings. The highest BCUT2D eigenvalue weighted by atomic mass is 32.2. The van der Waals surface area contributed by atoms with Crippen LogP contribution in [0.15, 0.2) is 34.5 Å². The summed E-state index contributed by atoms with van der Waals surface area (Å²) in [4.78, 5) is 12.7. The van der Waals surface area contributed by atoms with E-state index in [1.807, 2.05) is 0 Å². The molecule has 1 amide bonds. The van der Waals surface area contributed by atoms with Crippen molar-refractivity contribution >= 4 is 37.5 Å². The number of ether oxygens (including phenoxy) is 1. The van der Waals surface area contributed by atoms with Crippen molar-refractivity contribution < 1.29 is 44.3 Å². The predicted molar refractivity (Wildman–Crippen MR) is 104 cm³/mol. The molecule has 1 aliphatic rings. The number of sulfonamides is 1. The van der Waals surface area contributed by atoms with Crippen LogP contribution in [0.3, 0.4) is 0 Å². The number of carbonyl (C=O) groups is 1. The van der Waals surface area contributed by atoms with Crippen molar-refractivity contribution in [2.45, 2.75) is 36.2 Å². The van der Waals surface area contributed by atoms with E-state index in [-0.39, 0.29) is 43.3 Å². The van der Waals surface area contributed by atoms with Crippen molar-refractivity contribution in [2.24, 2.45) is 5.92 Å². The SMILES string of the molecule is O=C(OC(C(F)(F)F)C(F)(F)F)N1CCC(CNS(=O)(=O)c2csc3ccccc23)CC1. The number of hydrogen-bond acceptors (Lipinski definition) is 5. The zero-order chi connectivity index (χ0) is 23.7. The molecule has 6 nitrogen and oxygen atoms in total. The van der Waals surface area contributed by atoms with Crippen LogP contribution in [-0.2, 0) is 14.8 Å². The van der Waals surface area contributed by atoms with Crippen molar-refractivity contribution in [3.8, 4) is 0 Å². The number of benzene rings is 1. The number of piperidine rings is 1. The highest BCUT2D eigenvalue weighted by molar-refractivity contribution is 7.90. The van der Waals surface area contributed by atoms with Crippen molar-refractivity contribution in [3.63, 3.8) is 0 Å². The predicted octanol–water partition coefficient (Wildman–Crippen LogP) is 4.52. The van der Waals surface area contributed by atoms with Gasteiger partial charge in [-0.05, 0) is 24.8 Å². The molecule has 1 aromatic heterocycles. The van der Waals surface area contributed by atoms with Crippen molar-refractivity contribution in [1.29, 1.82) is 0 Å². The minimum absolute atomic E-state index is 0.0170. The quantitative estimate of drug-likeness (QED) is 0.608. The van der Waals surface area contributed by atoms with Gasteiger partial charge in [0.1, 0.15) is 4.90 Å². The Morgan fingerprint density at radius 2 is 1.72 bits per heavy atom. The van der Waals surface area contributed by atoms with Gasteiger partial charge in [0.2, 0.25) is 10.0 Å². The molecule has 0 bridgehead atoms. The largest absolute Gasteiger partial charge is 0.434 e. The Balaban J connectivity index is 1.54. The molecule has 3 rings (SSSR count). The summed E-state index contributed by atoms with van der Waals surface area (Å²) in [7, 11) is -3.82. The van der Waals surface area contributed by atoms with Gasteiger partial charge >= 0.3 is 18.4 Å². The van der Waals surface area contributed by atoms with Gasteiger partial charge in [-0.15, -0.1) is 11.3 Å². The van der Waals surface area contributed by atoms with E-state index in [0.717, 1.165) is 9.60 Å². The first-order valence-corrected chi connectivity index (χ1v) is 11.7. The summed E-state index contributed by atoms with van der Waals surface area (Å²) >= 11 is 1.28. The molecule has 178 valence electrons. The number of carbonyl (C=O) groups excluding carboxylic acids is 1. The summed E-state index contributed by atoms with van der Waals surface area (Å²) in [5, 5.41) is 2.09. The zero-order valence-electron chi connectivity index (χ0n) is 16.2. The molecule has 1 saturated heterocycles. The first-order chi connectivity index (χ1) is 14.8. The monoisotopic (exact) mass is 504 g/mol. The summed E-state index contributed by atoms with van der Waals surface area (Å²) in [5.74, 6) is -0.250. The standard InChI is InChI=1S/C18H18F6N2O4S2/c19-17(20,21)15(18(22,23)24)30-16(27)26-7-5-11(6-8-26)9-25-32(28,29)14-10-31-13-4-2-1-3-12(13)14/h1-4,10-11,15,25H,5-9H2. The average Bonchev–Trinajstić information content (AvgIpc) is 3.14. The fraction of sp³-hybridized carbons (Fsp3) is 0.500. The number of thiophene rings is 1. The van der Waals surface area contributed by atoms with Gasteiger partial charge < -0.3 is 9.64 Å². The Labute approximate surface area is 183 Å². The van der Waals surface area contributed by atoms with Crippen LogP contribution in [0.25, 0.3) is 10.1 Å². The van der Waals surface area contributed by atoms with Crippen molar-refractivity contribution in [2.75, 3.05) is 19.6 Å². The second-order valence-electron chi connectivity index (χ2n) is 7.23. The van der Waals surface area contributed by atoms with Gasteiger partial charge in [-0.25, -0.2) is 17.9 Å². The second kappa shape index (κ2) is 9.06. The molecule has 32 heavy (non-hydrogen) atoms. The topological polar surface area (TPSA) is 75.7 Å². The van der Waals surface area contributed by atoms with E-state index in [9.17, 15) is 39.6 Å². The van der Waals surface area contributed by atoms with Gasteiger partial charge in [-0.3, -0.25) is 0 Å². The van der Waals surface area contributed by atoms with Gasteiger partial charge in [0.15, 0.2) is 0 Å². The third-order valence-electron chi connectivity index (χ3n) is 4.98. The fourth-order valence-corrected chi connectivity index (χ4v) is 5.90. The van der Waals surface area contributed by atoms with Gasteiger partial charge in [0.05, 0.1) is 0 Å². The van der Waals surface area contributed by atoms with Crippen LogP contribution in [0.2, 0.25) is 0 Å². The summed E-state index contributed by atoms with van der Waals surface area (Å²) in [5.41, 5.74) is 0. The normalized spacial score (nSPS) is 16.7. The number of amides is 1. The Morgan fingerprint density at radius 3 is 2.31 bits per heavy atom. The summed E-state index contributed by atoms with van der Waals surface area (Å²) in [6.07, 6.45) is -17.1. The summed E-state index contributed by atoms with van der Waals surface area (Å²) < 4.78 is 108. The Morgan fingerprint density at radius 1 is 1.12 bits per heavy atom. The number of rotatable bonds is 5. The van der Waals surface area contributed by atoms with Gasteiger partial charge in [-0.1, -0.05) is 18.2 Å². The Bertz CT molecular complexity index is 1050. The van der Waals surface area contributed by atoms with Gasteiger partial charge in [-0.2, -0.15) is 26.3 Å². The second-order valence-corrected chi connectivity index (χ2v) is 9.87. The number of alkyl halides is 6. The molecule has 2 heterocycles. The van der Waals surface area contributed by atoms with Crippen molar-refractivity contribution in [3.05, 3.63) is 29.6 Å². The van der Waals surface area contributed by atoms with E-state index in [4.69, 9.17) is 0 Å². The zero-order valence-corrected chi connectivity index (χ0v) is 17.9. The molecule has 1 aliphatic heterocycles. The number of nitrogens with zero attached hydrogens (tertiary/aromatic N) is 1. The molecular formula is C18H18F6N2O4S2. The van der Waals surface area contributed by atoms with Crippen LogP contribution in [0.4, 0.5) is 31.1 Å². The number of nitrogens with one attached hydrogen (secondary N) is 1. The average molecular weight is 504 g/mol. The number of halogens is 6. The molecule has 1 N–H and O–H groups in total. The van der Waals surface area contributed by atoms with Gasteiger partial charge in [0, 0.05) is 35.1 Å². The minimum atomic E-state index is -5.78. The highest BCUT2D eigenvalue weighted by Gasteiger charge is 2.60. The lowest BCUT2D eigenvalue weighted by molar-refractivity contribution is -0.308. The van der Waals surface area contributed by atoms with Crippen LogP contribution in [0.1, 0.15) is 12.8 Å². The molecule has 0 spiro atoms. The number of hydrogen-bond donors (Lipinski definition) is 1. The lowest BCUT2D eigenvalue weighted by Gasteiger charge is -2.33. The van der Waals surface area contributed by atoms with E-state index in [1.54, 1.807) is 24.3 Å². The van der Waals surface area contributed by atoms with E-state index >= 15 is 0 Å². The van der Waals surface area contributed by atoms with E-state index in [1.165, 1.54) is 16.7 Å². The Hall–Kier alpha value is -2.06. The highest BCUT2D eigenvalue weighted by Crippen LogP contribution is 2.36. The van der Waals surface area contributed by atoms with Crippen LogP contribution in [0, 0.1) is 5.92 Å². The van der Waals surface area contributed by atoms with E-state index < -0.39 is 34.6 Å².